The van der Waals surface area contributed by atoms with Crippen molar-refractivity contribution in [2.45, 2.75) is 26.2 Å². The molecule has 0 aromatic rings. The SMILES string of the molecule is CCC(CN)CCN1CCCN(C)CC1. The number of rotatable bonds is 5. The second kappa shape index (κ2) is 7.20. The summed E-state index contributed by atoms with van der Waals surface area (Å²) >= 11 is 0. The van der Waals surface area contributed by atoms with E-state index in [1.807, 2.05) is 0 Å². The van der Waals surface area contributed by atoms with Gasteiger partial charge in [-0.2, -0.15) is 0 Å². The Hall–Kier alpha value is -0.120. The van der Waals surface area contributed by atoms with Crippen LogP contribution in [-0.2, 0) is 0 Å². The summed E-state index contributed by atoms with van der Waals surface area (Å²) in [4.78, 5) is 5.03. The molecular formula is C12H27N3. The van der Waals surface area contributed by atoms with Crippen molar-refractivity contribution >= 4 is 0 Å². The quantitative estimate of drug-likeness (QED) is 0.739. The molecule has 1 atom stereocenters. The normalized spacial score (nSPS) is 22.6. The Morgan fingerprint density at radius 3 is 2.67 bits per heavy atom. The zero-order valence-corrected chi connectivity index (χ0v) is 10.4. The van der Waals surface area contributed by atoms with Gasteiger partial charge in [0.15, 0.2) is 0 Å². The van der Waals surface area contributed by atoms with E-state index in [2.05, 4.69) is 23.8 Å². The lowest BCUT2D eigenvalue weighted by atomic mass is 10.0. The third kappa shape index (κ3) is 4.96. The zero-order chi connectivity index (χ0) is 11.1. The summed E-state index contributed by atoms with van der Waals surface area (Å²) < 4.78 is 0. The molecule has 0 aromatic carbocycles. The molecule has 3 nitrogen and oxygen atoms in total. The summed E-state index contributed by atoms with van der Waals surface area (Å²) in [5, 5.41) is 0. The van der Waals surface area contributed by atoms with Gasteiger partial charge < -0.3 is 15.5 Å². The molecule has 3 heteroatoms. The summed E-state index contributed by atoms with van der Waals surface area (Å²) in [5.74, 6) is 0.728. The fourth-order valence-corrected chi connectivity index (χ4v) is 2.18. The van der Waals surface area contributed by atoms with Crippen LogP contribution in [0.3, 0.4) is 0 Å². The molecule has 0 aliphatic carbocycles. The summed E-state index contributed by atoms with van der Waals surface area (Å²) in [6.45, 7) is 9.31. The van der Waals surface area contributed by atoms with E-state index in [4.69, 9.17) is 5.73 Å². The Kier molecular flexibility index (Phi) is 6.22. The van der Waals surface area contributed by atoms with Gasteiger partial charge in [0, 0.05) is 13.1 Å². The highest BCUT2D eigenvalue weighted by Gasteiger charge is 2.13. The van der Waals surface area contributed by atoms with Gasteiger partial charge in [0.25, 0.3) is 0 Å². The summed E-state index contributed by atoms with van der Waals surface area (Å²) in [7, 11) is 2.22. The molecule has 0 spiro atoms. The summed E-state index contributed by atoms with van der Waals surface area (Å²) in [5.41, 5.74) is 5.73. The smallest absolute Gasteiger partial charge is 0.0109 e. The molecular weight excluding hydrogens is 186 g/mol. The van der Waals surface area contributed by atoms with E-state index < -0.39 is 0 Å². The van der Waals surface area contributed by atoms with Crippen molar-refractivity contribution in [2.24, 2.45) is 11.7 Å². The molecule has 0 bridgehead atoms. The minimum Gasteiger partial charge on any atom is -0.330 e. The van der Waals surface area contributed by atoms with Gasteiger partial charge >= 0.3 is 0 Å². The van der Waals surface area contributed by atoms with Crippen LogP contribution in [0.5, 0.6) is 0 Å². The fraction of sp³-hybridized carbons (Fsp3) is 1.00. The molecule has 1 aliphatic rings. The van der Waals surface area contributed by atoms with Crippen LogP contribution < -0.4 is 5.73 Å². The highest BCUT2D eigenvalue weighted by atomic mass is 15.2. The molecule has 2 N–H and O–H groups in total. The van der Waals surface area contributed by atoms with Crippen LogP contribution in [0.2, 0.25) is 0 Å². The van der Waals surface area contributed by atoms with Gasteiger partial charge in [-0.25, -0.2) is 0 Å². The topological polar surface area (TPSA) is 32.5 Å². The highest BCUT2D eigenvalue weighted by molar-refractivity contribution is 4.69. The average molecular weight is 213 g/mol. The van der Waals surface area contributed by atoms with Crippen LogP contribution >= 0.6 is 0 Å². The molecule has 1 saturated heterocycles. The second-order valence-corrected chi connectivity index (χ2v) is 4.80. The fourth-order valence-electron chi connectivity index (χ4n) is 2.18. The van der Waals surface area contributed by atoms with E-state index in [0.29, 0.717) is 0 Å². The van der Waals surface area contributed by atoms with Crippen molar-refractivity contribution in [2.75, 3.05) is 46.3 Å². The monoisotopic (exact) mass is 213 g/mol. The number of nitrogens with zero attached hydrogens (tertiary/aromatic N) is 2. The van der Waals surface area contributed by atoms with Crippen LogP contribution in [0.25, 0.3) is 0 Å². The first-order chi connectivity index (χ1) is 7.26. The standard InChI is InChI=1S/C12H27N3/c1-3-12(11-13)5-8-15-7-4-6-14(2)9-10-15/h12H,3-11,13H2,1-2H3. The van der Waals surface area contributed by atoms with Crippen molar-refractivity contribution in [3.63, 3.8) is 0 Å². The largest absolute Gasteiger partial charge is 0.330 e. The van der Waals surface area contributed by atoms with Crippen LogP contribution in [-0.4, -0.2) is 56.1 Å². The maximum atomic E-state index is 5.73. The predicted molar refractivity (Wildman–Crippen MR) is 66.0 cm³/mol. The van der Waals surface area contributed by atoms with Gasteiger partial charge in [-0.3, -0.25) is 0 Å². The first-order valence-electron chi connectivity index (χ1n) is 6.37. The van der Waals surface area contributed by atoms with Crippen molar-refractivity contribution in [3.8, 4) is 0 Å². The first kappa shape index (κ1) is 12.9. The molecule has 90 valence electrons. The molecule has 0 radical (unpaired) electrons. The molecule has 1 aliphatic heterocycles. The highest BCUT2D eigenvalue weighted by Crippen LogP contribution is 2.09. The summed E-state index contributed by atoms with van der Waals surface area (Å²) in [6, 6.07) is 0. The van der Waals surface area contributed by atoms with Crippen LogP contribution in [0, 0.1) is 5.92 Å². The molecule has 0 amide bonds. The number of likely N-dealkylation sites (N-methyl/N-ethyl adjacent to an activating group) is 1. The Bertz CT molecular complexity index is 157. The van der Waals surface area contributed by atoms with Gasteiger partial charge in [0.1, 0.15) is 0 Å². The number of nitrogens with two attached hydrogens (primary N) is 1. The van der Waals surface area contributed by atoms with Crippen molar-refractivity contribution in [1.82, 2.24) is 9.80 Å². The maximum Gasteiger partial charge on any atom is 0.0109 e. The Balaban J connectivity index is 2.19. The van der Waals surface area contributed by atoms with Crippen LogP contribution in [0.4, 0.5) is 0 Å². The Labute approximate surface area is 94.6 Å². The lowest BCUT2D eigenvalue weighted by molar-refractivity contribution is 0.254. The van der Waals surface area contributed by atoms with Gasteiger partial charge in [-0.05, 0) is 52.0 Å². The van der Waals surface area contributed by atoms with E-state index >= 15 is 0 Å². The molecule has 0 aromatic heterocycles. The van der Waals surface area contributed by atoms with E-state index in [1.165, 1.54) is 52.0 Å². The molecule has 1 unspecified atom stereocenters. The second-order valence-electron chi connectivity index (χ2n) is 4.80. The molecule has 1 rings (SSSR count). The lowest BCUT2D eigenvalue weighted by Gasteiger charge is -2.22. The minimum atomic E-state index is 0.728. The molecule has 0 saturated carbocycles. The third-order valence-corrected chi connectivity index (χ3v) is 3.58. The Morgan fingerprint density at radius 2 is 2.00 bits per heavy atom. The van der Waals surface area contributed by atoms with Gasteiger partial charge in [0.05, 0.1) is 0 Å². The van der Waals surface area contributed by atoms with Gasteiger partial charge in [0.2, 0.25) is 0 Å². The zero-order valence-electron chi connectivity index (χ0n) is 10.4. The van der Waals surface area contributed by atoms with Crippen molar-refractivity contribution in [1.29, 1.82) is 0 Å². The van der Waals surface area contributed by atoms with Crippen molar-refractivity contribution in [3.05, 3.63) is 0 Å². The van der Waals surface area contributed by atoms with E-state index in [1.54, 1.807) is 0 Å². The number of hydrogen-bond donors (Lipinski definition) is 1. The predicted octanol–water partition coefficient (Wildman–Crippen LogP) is 0.999. The van der Waals surface area contributed by atoms with Gasteiger partial charge in [-0.1, -0.05) is 13.3 Å². The van der Waals surface area contributed by atoms with Gasteiger partial charge in [-0.15, -0.1) is 0 Å². The van der Waals surface area contributed by atoms with Crippen molar-refractivity contribution < 1.29 is 0 Å². The minimum absolute atomic E-state index is 0.728. The maximum absolute atomic E-state index is 5.73. The van der Waals surface area contributed by atoms with E-state index in [0.717, 1.165) is 12.5 Å². The lowest BCUT2D eigenvalue weighted by Crippen LogP contribution is -2.31. The van der Waals surface area contributed by atoms with Crippen LogP contribution in [0.1, 0.15) is 26.2 Å². The Morgan fingerprint density at radius 1 is 1.20 bits per heavy atom. The molecule has 15 heavy (non-hydrogen) atoms. The molecule has 1 fully saturated rings. The average Bonchev–Trinajstić information content (AvgIpc) is 2.45. The third-order valence-electron chi connectivity index (χ3n) is 3.58. The van der Waals surface area contributed by atoms with E-state index in [9.17, 15) is 0 Å². The molecule has 1 heterocycles. The summed E-state index contributed by atoms with van der Waals surface area (Å²) in [6.07, 6.45) is 3.82. The number of hydrogen-bond acceptors (Lipinski definition) is 3. The van der Waals surface area contributed by atoms with Crippen LogP contribution in [0.15, 0.2) is 0 Å². The van der Waals surface area contributed by atoms with E-state index in [-0.39, 0.29) is 0 Å². The first-order valence-corrected chi connectivity index (χ1v) is 6.37.